The summed E-state index contributed by atoms with van der Waals surface area (Å²) in [6.45, 7) is 1.07. The molecule has 214 valence electrons. The van der Waals surface area contributed by atoms with Gasteiger partial charge >= 0.3 is 0 Å². The summed E-state index contributed by atoms with van der Waals surface area (Å²) in [7, 11) is 3.97. The molecule has 2 heterocycles. The van der Waals surface area contributed by atoms with Gasteiger partial charge in [0.05, 0.1) is 12.6 Å². The average molecular weight is 588 g/mol. The molecule has 3 aromatic carbocycles. The number of carbonyl (C=O) groups excluding carboxylic acids is 2. The molecule has 0 unspecified atom stereocenters. The van der Waals surface area contributed by atoms with Gasteiger partial charge in [0.1, 0.15) is 5.54 Å². The summed E-state index contributed by atoms with van der Waals surface area (Å²) in [5.74, 6) is 1.39. The van der Waals surface area contributed by atoms with E-state index in [1.807, 2.05) is 113 Å². The van der Waals surface area contributed by atoms with Crippen LogP contribution in [0.4, 0.5) is 11.4 Å². The number of nitrogens with zero attached hydrogens (tertiary/aromatic N) is 3. The van der Waals surface area contributed by atoms with Gasteiger partial charge in [0, 0.05) is 38.6 Å². The second-order valence-electron chi connectivity index (χ2n) is 10.8. The maximum absolute atomic E-state index is 14.3. The van der Waals surface area contributed by atoms with Gasteiger partial charge < -0.3 is 25.3 Å². The lowest BCUT2D eigenvalue weighted by Crippen LogP contribution is -2.61. The van der Waals surface area contributed by atoms with Gasteiger partial charge in [-0.15, -0.1) is 0 Å². The van der Waals surface area contributed by atoms with Crippen LogP contribution in [0, 0.1) is 0 Å². The maximum atomic E-state index is 14.3. The number of carbonyl (C=O) groups is 2. The predicted molar refractivity (Wildman–Crippen MR) is 172 cm³/mol. The highest BCUT2D eigenvalue weighted by atomic mass is 32.2. The molecule has 0 aromatic heterocycles. The third kappa shape index (κ3) is 6.68. The van der Waals surface area contributed by atoms with Crippen molar-refractivity contribution in [3.63, 3.8) is 0 Å². The quantitative estimate of drug-likeness (QED) is 0.345. The molecule has 2 N–H and O–H groups in total. The zero-order valence-corrected chi connectivity index (χ0v) is 25.2. The molecule has 0 aliphatic carbocycles. The normalized spacial score (nSPS) is 18.0. The van der Waals surface area contributed by atoms with Crippen LogP contribution in [0.5, 0.6) is 0 Å². The second kappa shape index (κ2) is 13.0. The predicted octanol–water partition coefficient (Wildman–Crippen LogP) is 4.92. The number of nitrogens with one attached hydrogen (secondary N) is 2. The summed E-state index contributed by atoms with van der Waals surface area (Å²) in [6, 6.07) is 27.9. The molecule has 0 bridgehead atoms. The van der Waals surface area contributed by atoms with E-state index in [1.54, 1.807) is 0 Å². The van der Waals surface area contributed by atoms with Crippen LogP contribution in [-0.4, -0.2) is 71.0 Å². The van der Waals surface area contributed by atoms with Crippen molar-refractivity contribution in [2.45, 2.75) is 31.0 Å². The topological polar surface area (TPSA) is 67.9 Å². The van der Waals surface area contributed by atoms with Gasteiger partial charge in [-0.1, -0.05) is 60.7 Å². The van der Waals surface area contributed by atoms with E-state index in [1.165, 1.54) is 0 Å². The monoisotopic (exact) mass is 587 g/mol. The number of anilines is 2. The summed E-state index contributed by atoms with van der Waals surface area (Å²) in [6.07, 6.45) is 1.18. The van der Waals surface area contributed by atoms with E-state index in [9.17, 15) is 9.59 Å². The van der Waals surface area contributed by atoms with E-state index >= 15 is 0 Å². The van der Waals surface area contributed by atoms with Gasteiger partial charge in [-0.2, -0.15) is 11.8 Å². The SMILES string of the molecule is CN(C)c1ccc(NC(=O)C2(N(Cc3ccccc3)C(=O)CN3C[C@H](c4ccccc4)NC3=S)CCSCC2)cc1. The first-order chi connectivity index (χ1) is 19.9. The number of hydrogen-bond donors (Lipinski definition) is 2. The first kappa shape index (κ1) is 29.0. The third-order valence-corrected chi connectivity index (χ3v) is 9.26. The lowest BCUT2D eigenvalue weighted by atomic mass is 9.87. The van der Waals surface area contributed by atoms with Crippen molar-refractivity contribution in [1.29, 1.82) is 0 Å². The standard InChI is InChI=1S/C32H37N5O2S2/c1-35(2)27-15-13-26(14-16-27)33-30(39)32(17-19-41-20-18-32)37(21-24-9-5-3-6-10-24)29(38)23-36-22-28(34-31(36)40)25-11-7-4-8-12-25/h3-16,28H,17-23H2,1-2H3,(H,33,39)(H,34,40)/t28-/m1/s1. The van der Waals surface area contributed by atoms with Crippen molar-refractivity contribution >= 4 is 52.3 Å². The Bertz CT molecular complexity index is 1350. The van der Waals surface area contributed by atoms with Crippen molar-refractivity contribution < 1.29 is 9.59 Å². The van der Waals surface area contributed by atoms with Crippen molar-refractivity contribution in [2.75, 3.05) is 48.9 Å². The number of thiocarbonyl (C=S) groups is 1. The molecular weight excluding hydrogens is 551 g/mol. The fraction of sp³-hybridized carbons (Fsp3) is 0.344. The molecule has 3 aromatic rings. The van der Waals surface area contributed by atoms with Crippen LogP contribution in [-0.2, 0) is 16.1 Å². The van der Waals surface area contributed by atoms with E-state index < -0.39 is 5.54 Å². The average Bonchev–Trinajstić information content (AvgIpc) is 3.37. The van der Waals surface area contributed by atoms with Crippen LogP contribution in [0.3, 0.4) is 0 Å². The highest BCUT2D eigenvalue weighted by Crippen LogP contribution is 2.36. The Morgan fingerprint density at radius 2 is 1.61 bits per heavy atom. The van der Waals surface area contributed by atoms with Crippen molar-refractivity contribution in [3.05, 3.63) is 96.1 Å². The summed E-state index contributed by atoms with van der Waals surface area (Å²) >= 11 is 7.49. The minimum absolute atomic E-state index is 0.0209. The van der Waals surface area contributed by atoms with Gasteiger partial charge in [0.2, 0.25) is 11.8 Å². The Kier molecular flexibility index (Phi) is 9.15. The molecule has 2 amide bonds. The molecule has 2 fully saturated rings. The molecule has 2 saturated heterocycles. The molecule has 5 rings (SSSR count). The molecule has 1 atom stereocenters. The largest absolute Gasteiger partial charge is 0.378 e. The van der Waals surface area contributed by atoms with Gasteiger partial charge in [-0.3, -0.25) is 9.59 Å². The number of thioether (sulfide) groups is 1. The van der Waals surface area contributed by atoms with Crippen molar-refractivity contribution in [2.24, 2.45) is 0 Å². The molecule has 2 aliphatic rings. The third-order valence-electron chi connectivity index (χ3n) is 7.90. The summed E-state index contributed by atoms with van der Waals surface area (Å²) in [4.78, 5) is 34.3. The van der Waals surface area contributed by atoms with E-state index in [4.69, 9.17) is 12.2 Å². The molecule has 41 heavy (non-hydrogen) atoms. The summed E-state index contributed by atoms with van der Waals surface area (Å²) in [5.41, 5.74) is 2.93. The Hall–Kier alpha value is -3.56. The lowest BCUT2D eigenvalue weighted by molar-refractivity contribution is -0.147. The van der Waals surface area contributed by atoms with E-state index in [0.29, 0.717) is 31.0 Å². The minimum Gasteiger partial charge on any atom is -0.378 e. The van der Waals surface area contributed by atoms with Gasteiger partial charge in [0.25, 0.3) is 0 Å². The van der Waals surface area contributed by atoms with Crippen LogP contribution >= 0.6 is 24.0 Å². The van der Waals surface area contributed by atoms with Gasteiger partial charge in [-0.25, -0.2) is 0 Å². The molecule has 0 radical (unpaired) electrons. The first-order valence-corrected chi connectivity index (χ1v) is 15.5. The summed E-state index contributed by atoms with van der Waals surface area (Å²) in [5, 5.41) is 7.09. The van der Waals surface area contributed by atoms with E-state index in [2.05, 4.69) is 22.8 Å². The molecule has 0 spiro atoms. The fourth-order valence-corrected chi connectivity index (χ4v) is 6.96. The Balaban J connectivity index is 1.41. The molecule has 7 nitrogen and oxygen atoms in total. The van der Waals surface area contributed by atoms with Gasteiger partial charge in [-0.05, 0) is 72.0 Å². The highest BCUT2D eigenvalue weighted by Gasteiger charge is 2.47. The maximum Gasteiger partial charge on any atom is 0.250 e. The molecule has 2 aliphatic heterocycles. The molecule has 0 saturated carbocycles. The van der Waals surface area contributed by atoms with Crippen LogP contribution in [0.25, 0.3) is 0 Å². The number of benzene rings is 3. The first-order valence-electron chi connectivity index (χ1n) is 14.0. The number of amides is 2. The van der Waals surface area contributed by atoms with Crippen LogP contribution < -0.4 is 15.5 Å². The van der Waals surface area contributed by atoms with E-state index in [-0.39, 0.29) is 24.4 Å². The van der Waals surface area contributed by atoms with Crippen LogP contribution in [0.2, 0.25) is 0 Å². The number of hydrogen-bond acceptors (Lipinski definition) is 5. The van der Waals surface area contributed by atoms with E-state index in [0.717, 1.165) is 34.0 Å². The fourth-order valence-electron chi connectivity index (χ4n) is 5.51. The highest BCUT2D eigenvalue weighted by molar-refractivity contribution is 7.99. The van der Waals surface area contributed by atoms with Crippen molar-refractivity contribution in [3.8, 4) is 0 Å². The Morgan fingerprint density at radius 3 is 2.24 bits per heavy atom. The zero-order chi connectivity index (χ0) is 28.8. The molecule has 9 heteroatoms. The van der Waals surface area contributed by atoms with Crippen LogP contribution in [0.15, 0.2) is 84.9 Å². The second-order valence-corrected chi connectivity index (χ2v) is 12.4. The van der Waals surface area contributed by atoms with Crippen LogP contribution in [0.1, 0.15) is 30.0 Å². The van der Waals surface area contributed by atoms with Crippen molar-refractivity contribution in [1.82, 2.24) is 15.1 Å². The minimum atomic E-state index is -0.966. The zero-order valence-electron chi connectivity index (χ0n) is 23.6. The number of rotatable bonds is 9. The van der Waals surface area contributed by atoms with Gasteiger partial charge in [0.15, 0.2) is 5.11 Å². The smallest absolute Gasteiger partial charge is 0.250 e. The molecular formula is C32H37N5O2S2. The Morgan fingerprint density at radius 1 is 0.976 bits per heavy atom. The Labute approximate surface area is 252 Å². The summed E-state index contributed by atoms with van der Waals surface area (Å²) < 4.78 is 0. The lowest BCUT2D eigenvalue weighted by Gasteiger charge is -2.45.